The summed E-state index contributed by atoms with van der Waals surface area (Å²) in [6.45, 7) is 4.54. The Labute approximate surface area is 157 Å². The lowest BCUT2D eigenvalue weighted by Crippen LogP contribution is -2.50. The third kappa shape index (κ3) is 4.83. The quantitative estimate of drug-likeness (QED) is 0.440. The first-order valence-corrected chi connectivity index (χ1v) is 8.55. The largest absolute Gasteiger partial charge is 0.354 e. The van der Waals surface area contributed by atoms with E-state index in [1.54, 1.807) is 0 Å². The standard InChI is InChI=1S/C18H28N4.HI/c1-14(15-7-4-3-5-8-15)22-12-11-17(13-22)21-18(19-2)20-16-9-6-10-16;/h3-5,7-8,14,16-17H,6,9-13H2,1-2H3,(H2,19,20,21);1H. The van der Waals surface area contributed by atoms with Crippen molar-refractivity contribution in [3.8, 4) is 0 Å². The van der Waals surface area contributed by atoms with Crippen molar-refractivity contribution < 1.29 is 0 Å². The number of halogens is 1. The minimum atomic E-state index is 0. The van der Waals surface area contributed by atoms with Crippen LogP contribution in [0, 0.1) is 0 Å². The summed E-state index contributed by atoms with van der Waals surface area (Å²) >= 11 is 0. The maximum absolute atomic E-state index is 4.38. The van der Waals surface area contributed by atoms with Gasteiger partial charge in [0, 0.05) is 38.3 Å². The van der Waals surface area contributed by atoms with Gasteiger partial charge in [0.25, 0.3) is 0 Å². The Morgan fingerprint density at radius 2 is 1.83 bits per heavy atom. The third-order valence-corrected chi connectivity index (χ3v) is 5.06. The van der Waals surface area contributed by atoms with E-state index < -0.39 is 0 Å². The molecular formula is C18H29IN4. The molecule has 5 heteroatoms. The van der Waals surface area contributed by atoms with Gasteiger partial charge in [-0.2, -0.15) is 0 Å². The van der Waals surface area contributed by atoms with E-state index in [2.05, 4.69) is 57.8 Å². The van der Waals surface area contributed by atoms with Gasteiger partial charge >= 0.3 is 0 Å². The van der Waals surface area contributed by atoms with E-state index in [4.69, 9.17) is 0 Å². The molecule has 2 fully saturated rings. The number of rotatable bonds is 4. The average Bonchev–Trinajstić information content (AvgIpc) is 2.98. The van der Waals surface area contributed by atoms with Gasteiger partial charge in [0.2, 0.25) is 0 Å². The molecule has 0 radical (unpaired) electrons. The van der Waals surface area contributed by atoms with Crippen LogP contribution in [0.5, 0.6) is 0 Å². The van der Waals surface area contributed by atoms with E-state index in [0.29, 0.717) is 18.1 Å². The molecule has 2 aliphatic rings. The molecule has 1 heterocycles. The molecule has 128 valence electrons. The zero-order valence-electron chi connectivity index (χ0n) is 14.2. The highest BCUT2D eigenvalue weighted by molar-refractivity contribution is 14.0. The second-order valence-electron chi connectivity index (χ2n) is 6.56. The molecule has 2 N–H and O–H groups in total. The first-order valence-electron chi connectivity index (χ1n) is 8.55. The number of hydrogen-bond donors (Lipinski definition) is 2. The van der Waals surface area contributed by atoms with Crippen LogP contribution >= 0.6 is 24.0 Å². The van der Waals surface area contributed by atoms with Crippen LogP contribution in [-0.4, -0.2) is 43.1 Å². The number of benzene rings is 1. The van der Waals surface area contributed by atoms with E-state index in [9.17, 15) is 0 Å². The summed E-state index contributed by atoms with van der Waals surface area (Å²) in [7, 11) is 1.87. The molecule has 1 aromatic rings. The van der Waals surface area contributed by atoms with Gasteiger partial charge in [0.15, 0.2) is 5.96 Å². The van der Waals surface area contributed by atoms with Gasteiger partial charge in [0.1, 0.15) is 0 Å². The van der Waals surface area contributed by atoms with Crippen LogP contribution in [0.15, 0.2) is 35.3 Å². The van der Waals surface area contributed by atoms with Crippen molar-refractivity contribution in [1.82, 2.24) is 15.5 Å². The summed E-state index contributed by atoms with van der Waals surface area (Å²) in [6, 6.07) is 12.4. The summed E-state index contributed by atoms with van der Waals surface area (Å²) < 4.78 is 0. The van der Waals surface area contributed by atoms with E-state index >= 15 is 0 Å². The molecule has 23 heavy (non-hydrogen) atoms. The molecule has 1 aromatic carbocycles. The number of likely N-dealkylation sites (tertiary alicyclic amines) is 1. The van der Waals surface area contributed by atoms with E-state index in [1.165, 1.54) is 31.2 Å². The Kier molecular flexibility index (Phi) is 7.14. The molecule has 2 atom stereocenters. The van der Waals surface area contributed by atoms with Gasteiger partial charge in [-0.3, -0.25) is 9.89 Å². The molecule has 4 nitrogen and oxygen atoms in total. The second kappa shape index (κ2) is 8.87. The lowest BCUT2D eigenvalue weighted by Gasteiger charge is -2.29. The Morgan fingerprint density at radius 3 is 2.43 bits per heavy atom. The monoisotopic (exact) mass is 428 g/mol. The van der Waals surface area contributed by atoms with Crippen molar-refractivity contribution in [1.29, 1.82) is 0 Å². The minimum Gasteiger partial charge on any atom is -0.354 e. The Bertz CT molecular complexity index is 501. The lowest BCUT2D eigenvalue weighted by molar-refractivity contribution is 0.258. The van der Waals surface area contributed by atoms with Gasteiger partial charge in [-0.25, -0.2) is 0 Å². The summed E-state index contributed by atoms with van der Waals surface area (Å²) in [5.74, 6) is 0.976. The Hall–Kier alpha value is -0.820. The van der Waals surface area contributed by atoms with Crippen molar-refractivity contribution >= 4 is 29.9 Å². The number of nitrogens with one attached hydrogen (secondary N) is 2. The fourth-order valence-electron chi connectivity index (χ4n) is 3.31. The molecule has 1 saturated carbocycles. The normalized spacial score (nSPS) is 23.7. The Balaban J connectivity index is 0.00000192. The SMILES string of the molecule is CN=C(NC1CCC1)NC1CCN(C(C)c2ccccc2)C1.I. The van der Waals surface area contributed by atoms with Crippen molar-refractivity contribution in [2.75, 3.05) is 20.1 Å². The van der Waals surface area contributed by atoms with Gasteiger partial charge in [-0.15, -0.1) is 24.0 Å². The van der Waals surface area contributed by atoms with Gasteiger partial charge < -0.3 is 10.6 Å². The van der Waals surface area contributed by atoms with E-state index in [1.807, 2.05) is 7.05 Å². The van der Waals surface area contributed by atoms with Gasteiger partial charge in [-0.1, -0.05) is 30.3 Å². The van der Waals surface area contributed by atoms with Crippen molar-refractivity contribution in [2.45, 2.75) is 50.7 Å². The number of nitrogens with zero attached hydrogens (tertiary/aromatic N) is 2. The van der Waals surface area contributed by atoms with Gasteiger partial charge in [-0.05, 0) is 38.2 Å². The number of guanidine groups is 1. The molecular weight excluding hydrogens is 399 g/mol. The molecule has 1 aliphatic carbocycles. The van der Waals surface area contributed by atoms with Crippen LogP contribution in [0.1, 0.15) is 44.2 Å². The topological polar surface area (TPSA) is 39.7 Å². The van der Waals surface area contributed by atoms with Crippen LogP contribution in [-0.2, 0) is 0 Å². The van der Waals surface area contributed by atoms with Crippen LogP contribution < -0.4 is 10.6 Å². The third-order valence-electron chi connectivity index (χ3n) is 5.06. The molecule has 0 bridgehead atoms. The van der Waals surface area contributed by atoms with Crippen molar-refractivity contribution in [2.24, 2.45) is 4.99 Å². The average molecular weight is 428 g/mol. The lowest BCUT2D eigenvalue weighted by atomic mass is 9.93. The predicted octanol–water partition coefficient (Wildman–Crippen LogP) is 3.16. The molecule has 0 amide bonds. The van der Waals surface area contributed by atoms with E-state index in [0.717, 1.165) is 19.0 Å². The predicted molar refractivity (Wildman–Crippen MR) is 108 cm³/mol. The van der Waals surface area contributed by atoms with Gasteiger partial charge in [0.05, 0.1) is 0 Å². The van der Waals surface area contributed by atoms with Crippen LogP contribution in [0.2, 0.25) is 0 Å². The molecule has 0 aromatic heterocycles. The molecule has 3 rings (SSSR count). The first kappa shape index (κ1) is 18.5. The summed E-state index contributed by atoms with van der Waals surface area (Å²) in [4.78, 5) is 6.94. The van der Waals surface area contributed by atoms with Crippen molar-refractivity contribution in [3.05, 3.63) is 35.9 Å². The van der Waals surface area contributed by atoms with Crippen LogP contribution in [0.3, 0.4) is 0 Å². The summed E-state index contributed by atoms with van der Waals surface area (Å²) in [6.07, 6.45) is 5.09. The highest BCUT2D eigenvalue weighted by Gasteiger charge is 2.28. The zero-order chi connectivity index (χ0) is 15.4. The second-order valence-corrected chi connectivity index (χ2v) is 6.56. The van der Waals surface area contributed by atoms with Crippen LogP contribution in [0.4, 0.5) is 0 Å². The highest BCUT2D eigenvalue weighted by Crippen LogP contribution is 2.24. The van der Waals surface area contributed by atoms with E-state index in [-0.39, 0.29) is 24.0 Å². The highest BCUT2D eigenvalue weighted by atomic mass is 127. The van der Waals surface area contributed by atoms with Crippen LogP contribution in [0.25, 0.3) is 0 Å². The molecule has 0 spiro atoms. The summed E-state index contributed by atoms with van der Waals surface area (Å²) in [5, 5.41) is 7.12. The Morgan fingerprint density at radius 1 is 1.13 bits per heavy atom. The molecule has 1 saturated heterocycles. The van der Waals surface area contributed by atoms with Crippen molar-refractivity contribution in [3.63, 3.8) is 0 Å². The maximum atomic E-state index is 4.38. The smallest absolute Gasteiger partial charge is 0.191 e. The molecule has 2 unspecified atom stereocenters. The fraction of sp³-hybridized carbons (Fsp3) is 0.611. The number of aliphatic imine (C=N–C) groups is 1. The number of hydrogen-bond acceptors (Lipinski definition) is 2. The molecule has 1 aliphatic heterocycles. The fourth-order valence-corrected chi connectivity index (χ4v) is 3.31. The first-order chi connectivity index (χ1) is 10.8. The zero-order valence-corrected chi connectivity index (χ0v) is 16.5. The minimum absolute atomic E-state index is 0. The summed E-state index contributed by atoms with van der Waals surface area (Å²) in [5.41, 5.74) is 1.40. The maximum Gasteiger partial charge on any atom is 0.191 e.